The number of carbonyl (C=O) groups excluding carboxylic acids is 2. The van der Waals surface area contributed by atoms with Crippen molar-refractivity contribution in [3.05, 3.63) is 118 Å². The number of aliphatic imine (C=N–C) groups is 1. The van der Waals surface area contributed by atoms with Gasteiger partial charge in [0.05, 0.1) is 0 Å². The van der Waals surface area contributed by atoms with Crippen LogP contribution in [0.2, 0.25) is 5.02 Å². The van der Waals surface area contributed by atoms with Gasteiger partial charge in [0.2, 0.25) is 0 Å². The van der Waals surface area contributed by atoms with Crippen LogP contribution in [0, 0.1) is 6.92 Å². The number of likely N-dealkylation sites (tertiary alicyclic amines) is 1. The van der Waals surface area contributed by atoms with Crippen molar-refractivity contribution in [3.8, 4) is 11.1 Å². The van der Waals surface area contributed by atoms with Crippen LogP contribution in [0.25, 0.3) is 16.7 Å². The summed E-state index contributed by atoms with van der Waals surface area (Å²) in [6.45, 7) is 6.40. The van der Waals surface area contributed by atoms with Crippen LogP contribution < -0.4 is 15.5 Å². The summed E-state index contributed by atoms with van der Waals surface area (Å²) < 4.78 is 0. The first-order valence-corrected chi connectivity index (χ1v) is 18.3. The molecule has 2 aromatic heterocycles. The first-order chi connectivity index (χ1) is 24.9. The van der Waals surface area contributed by atoms with Gasteiger partial charge >= 0.3 is 0 Å². The number of rotatable bonds is 9. The Hall–Kier alpha value is -4.86. The van der Waals surface area contributed by atoms with Crippen molar-refractivity contribution in [3.63, 3.8) is 0 Å². The Kier molecular flexibility index (Phi) is 10.8. The molecule has 2 aromatic carbocycles. The smallest absolute Gasteiger partial charge is 0.251 e. The summed E-state index contributed by atoms with van der Waals surface area (Å²) in [5.41, 5.74) is 7.59. The van der Waals surface area contributed by atoms with Crippen LogP contribution in [0.5, 0.6) is 0 Å². The molecule has 2 amide bonds. The van der Waals surface area contributed by atoms with E-state index in [1.165, 1.54) is 5.56 Å². The van der Waals surface area contributed by atoms with Gasteiger partial charge in [0.25, 0.3) is 11.8 Å². The monoisotopic (exact) mass is 701 g/mol. The summed E-state index contributed by atoms with van der Waals surface area (Å²) in [6.07, 6.45) is 14.6. The van der Waals surface area contributed by atoms with E-state index in [4.69, 9.17) is 16.6 Å². The van der Waals surface area contributed by atoms with Gasteiger partial charge in [-0.3, -0.25) is 24.5 Å². The summed E-state index contributed by atoms with van der Waals surface area (Å²) in [6, 6.07) is 19.8. The number of allylic oxidation sites excluding steroid dienone is 1. The number of amides is 2. The molecule has 0 atom stereocenters. The fraction of sp³-hybridized carbons (Fsp3) is 0.341. The number of benzene rings is 2. The van der Waals surface area contributed by atoms with Crippen LogP contribution in [0.1, 0.15) is 75.9 Å². The van der Waals surface area contributed by atoms with Gasteiger partial charge in [0, 0.05) is 97.5 Å². The molecule has 2 saturated heterocycles. The third kappa shape index (κ3) is 8.55. The summed E-state index contributed by atoms with van der Waals surface area (Å²) in [7, 11) is 0. The predicted octanol–water partition coefficient (Wildman–Crippen LogP) is 7.10. The number of carbonyl (C=O) groups is 2. The van der Waals surface area contributed by atoms with Crippen LogP contribution in [0.4, 0.5) is 5.82 Å². The highest BCUT2D eigenvalue weighted by Crippen LogP contribution is 2.30. The molecule has 0 aliphatic carbocycles. The maximum Gasteiger partial charge on any atom is 0.251 e. The molecule has 9 nitrogen and oxygen atoms in total. The number of anilines is 1. The molecule has 5 heterocycles. The first kappa shape index (κ1) is 34.6. The minimum Gasteiger partial charge on any atom is -0.356 e. The SMILES string of the molecule is Cc1ccc(C(=O)NC2CCN(c3ccc(CN4CCC(NC(=O)c5ccc(Cl)c(C6=CN=CCC6)c5)CC4)cn3)CC2)cc1-c1cccnc1. The quantitative estimate of drug-likeness (QED) is 0.193. The molecule has 10 heteroatoms. The number of piperidine rings is 2. The largest absolute Gasteiger partial charge is 0.356 e. The molecule has 262 valence electrons. The fourth-order valence-corrected chi connectivity index (χ4v) is 7.44. The lowest BCUT2D eigenvalue weighted by Gasteiger charge is -2.34. The van der Waals surface area contributed by atoms with E-state index in [1.54, 1.807) is 12.3 Å². The maximum atomic E-state index is 13.2. The van der Waals surface area contributed by atoms with E-state index in [0.717, 1.165) is 105 Å². The molecule has 0 radical (unpaired) electrons. The van der Waals surface area contributed by atoms with Gasteiger partial charge in [-0.05, 0) is 116 Å². The molecular formula is C41H44ClN7O2. The van der Waals surface area contributed by atoms with Crippen molar-refractivity contribution in [1.82, 2.24) is 25.5 Å². The standard InChI is InChI=1S/C41H44ClN7O2/c1-28-6-8-30(22-36(28)32-4-2-16-43-25-32)40(50)47-35-14-20-49(21-15-35)39-11-7-29(24-45-39)27-48-18-12-34(13-19-48)46-41(51)31-9-10-38(42)37(23-31)33-5-3-17-44-26-33/h2,4,6-11,16-17,22-26,34-35H,3,5,12-15,18-21,27H2,1H3,(H,46,51)(H,47,50). The van der Waals surface area contributed by atoms with Crippen LogP contribution in [-0.2, 0) is 6.54 Å². The minimum absolute atomic E-state index is 0.0356. The van der Waals surface area contributed by atoms with Crippen LogP contribution >= 0.6 is 11.6 Å². The Labute approximate surface area is 304 Å². The van der Waals surface area contributed by atoms with Crippen molar-refractivity contribution in [2.24, 2.45) is 4.99 Å². The van der Waals surface area contributed by atoms with Crippen molar-refractivity contribution in [2.75, 3.05) is 31.1 Å². The zero-order chi connectivity index (χ0) is 35.2. The topological polar surface area (TPSA) is 103 Å². The molecule has 4 aromatic rings. The summed E-state index contributed by atoms with van der Waals surface area (Å²) in [5, 5.41) is 7.15. The Morgan fingerprint density at radius 3 is 2.20 bits per heavy atom. The molecule has 2 fully saturated rings. The highest BCUT2D eigenvalue weighted by atomic mass is 35.5. The molecule has 0 bridgehead atoms. The number of halogens is 1. The van der Waals surface area contributed by atoms with Crippen LogP contribution in [-0.4, -0.2) is 71.2 Å². The number of hydrogen-bond donors (Lipinski definition) is 2. The fourth-order valence-electron chi connectivity index (χ4n) is 7.20. The van der Waals surface area contributed by atoms with E-state index in [9.17, 15) is 9.59 Å². The molecule has 3 aliphatic heterocycles. The Morgan fingerprint density at radius 2 is 1.55 bits per heavy atom. The van der Waals surface area contributed by atoms with E-state index in [-0.39, 0.29) is 23.9 Å². The molecule has 0 unspecified atom stereocenters. The Balaban J connectivity index is 0.850. The lowest BCUT2D eigenvalue weighted by Crippen LogP contribution is -2.45. The maximum absolute atomic E-state index is 13.2. The summed E-state index contributed by atoms with van der Waals surface area (Å²) in [4.78, 5) is 44.3. The summed E-state index contributed by atoms with van der Waals surface area (Å²) >= 11 is 6.47. The van der Waals surface area contributed by atoms with Crippen molar-refractivity contribution in [1.29, 1.82) is 0 Å². The third-order valence-electron chi connectivity index (χ3n) is 10.2. The first-order valence-electron chi connectivity index (χ1n) is 18.0. The Bertz CT molecular complexity index is 1910. The molecule has 0 saturated carbocycles. The number of aromatic nitrogens is 2. The molecule has 0 spiro atoms. The highest BCUT2D eigenvalue weighted by Gasteiger charge is 2.24. The zero-order valence-electron chi connectivity index (χ0n) is 29.0. The average Bonchev–Trinajstić information content (AvgIpc) is 3.17. The zero-order valence-corrected chi connectivity index (χ0v) is 29.8. The summed E-state index contributed by atoms with van der Waals surface area (Å²) in [5.74, 6) is 0.883. The van der Waals surface area contributed by atoms with E-state index in [0.29, 0.717) is 16.1 Å². The van der Waals surface area contributed by atoms with Gasteiger partial charge < -0.3 is 15.5 Å². The minimum atomic E-state index is -0.0564. The van der Waals surface area contributed by atoms with Crippen molar-refractivity contribution >= 4 is 41.0 Å². The van der Waals surface area contributed by atoms with Gasteiger partial charge in [0.1, 0.15) is 5.82 Å². The lowest BCUT2D eigenvalue weighted by atomic mass is 9.98. The van der Waals surface area contributed by atoms with Crippen molar-refractivity contribution < 1.29 is 9.59 Å². The molecule has 3 aliphatic rings. The predicted molar refractivity (Wildman–Crippen MR) is 204 cm³/mol. The number of pyridine rings is 2. The normalized spacial score (nSPS) is 17.2. The number of hydrogen-bond acceptors (Lipinski definition) is 7. The lowest BCUT2D eigenvalue weighted by molar-refractivity contribution is 0.0906. The van der Waals surface area contributed by atoms with Gasteiger partial charge in [-0.2, -0.15) is 0 Å². The molecule has 7 rings (SSSR count). The molecule has 2 N–H and O–H groups in total. The molecular weight excluding hydrogens is 658 g/mol. The Morgan fingerprint density at radius 1 is 0.843 bits per heavy atom. The second kappa shape index (κ2) is 16.0. The van der Waals surface area contributed by atoms with Crippen molar-refractivity contribution in [2.45, 2.75) is 64.1 Å². The number of nitrogens with zero attached hydrogens (tertiary/aromatic N) is 5. The van der Waals surface area contributed by atoms with Gasteiger partial charge in [0.15, 0.2) is 0 Å². The van der Waals surface area contributed by atoms with Crippen LogP contribution in [0.15, 0.2) is 90.4 Å². The van der Waals surface area contributed by atoms with E-state index in [1.807, 2.05) is 67.3 Å². The van der Waals surface area contributed by atoms with E-state index in [2.05, 4.69) is 49.5 Å². The average molecular weight is 702 g/mol. The number of nitrogens with one attached hydrogen (secondary N) is 2. The highest BCUT2D eigenvalue weighted by molar-refractivity contribution is 6.32. The second-order valence-electron chi connectivity index (χ2n) is 13.8. The second-order valence-corrected chi connectivity index (χ2v) is 14.2. The third-order valence-corrected chi connectivity index (χ3v) is 10.5. The number of aryl methyl sites for hydroxylation is 1. The van der Waals surface area contributed by atoms with E-state index >= 15 is 0 Å². The molecule has 51 heavy (non-hydrogen) atoms. The van der Waals surface area contributed by atoms with E-state index < -0.39 is 0 Å². The van der Waals surface area contributed by atoms with Gasteiger partial charge in [-0.1, -0.05) is 29.8 Å². The van der Waals surface area contributed by atoms with Gasteiger partial charge in [-0.15, -0.1) is 0 Å². The van der Waals surface area contributed by atoms with Crippen LogP contribution in [0.3, 0.4) is 0 Å². The van der Waals surface area contributed by atoms with Gasteiger partial charge in [-0.25, -0.2) is 4.98 Å².